The molecule has 18 nitrogen and oxygen atoms in total. The summed E-state index contributed by atoms with van der Waals surface area (Å²) >= 11 is 0. The normalized spacial score (nSPS) is 17.6. The van der Waals surface area contributed by atoms with Crippen LogP contribution in [-0.2, 0) is 28.4 Å². The Morgan fingerprint density at radius 3 is 1.45 bits per heavy atom. The summed E-state index contributed by atoms with van der Waals surface area (Å²) in [7, 11) is 8.08. The van der Waals surface area contributed by atoms with Gasteiger partial charge in [-0.15, -0.1) is 0 Å². The summed E-state index contributed by atoms with van der Waals surface area (Å²) in [6.45, 7) is 0.912. The zero-order valence-corrected chi connectivity index (χ0v) is 34.9. The second kappa shape index (κ2) is 18.5. The van der Waals surface area contributed by atoms with Crippen LogP contribution in [0.1, 0.15) is 52.6 Å². The van der Waals surface area contributed by atoms with Crippen molar-refractivity contribution >= 4 is 23.7 Å². The van der Waals surface area contributed by atoms with E-state index in [1.807, 2.05) is 12.1 Å². The van der Waals surface area contributed by atoms with Crippen molar-refractivity contribution < 1.29 is 34.1 Å². The molecule has 0 spiro atoms. The van der Waals surface area contributed by atoms with E-state index in [0.717, 1.165) is 0 Å². The molecule has 8 rings (SSSR count). The molecule has 3 amide bonds. The van der Waals surface area contributed by atoms with E-state index in [0.29, 0.717) is 69.5 Å². The van der Waals surface area contributed by atoms with Crippen LogP contribution in [0.4, 0.5) is 0 Å². The van der Waals surface area contributed by atoms with Crippen molar-refractivity contribution in [3.8, 4) is 69.0 Å². The lowest BCUT2D eigenvalue weighted by Gasteiger charge is -2.13. The number of methoxy groups -OCH3 is 1. The molecule has 2 fully saturated rings. The molecule has 6 heterocycles. The van der Waals surface area contributed by atoms with E-state index >= 15 is 0 Å². The number of ether oxygens (including phenoxy) is 1. The smallest absolute Gasteiger partial charge is 0.376 e. The molecule has 326 valence electrons. The van der Waals surface area contributed by atoms with E-state index in [2.05, 4.69) is 53.8 Å². The average molecular weight is 864 g/mol. The molecule has 6 aromatic rings. The Hall–Kier alpha value is -8.06. The minimum Gasteiger partial charge on any atom is -0.463 e. The van der Waals surface area contributed by atoms with Gasteiger partial charge in [-0.05, 0) is 48.5 Å². The Morgan fingerprint density at radius 2 is 1.08 bits per heavy atom. The van der Waals surface area contributed by atoms with Crippen LogP contribution in [0.3, 0.4) is 0 Å². The van der Waals surface area contributed by atoms with Crippen LogP contribution in [0.15, 0.2) is 85.2 Å². The number of rotatable bonds is 6. The molecule has 2 aromatic carbocycles. The predicted molar refractivity (Wildman–Crippen MR) is 234 cm³/mol. The lowest BCUT2D eigenvalue weighted by Crippen LogP contribution is -2.37. The summed E-state index contributed by atoms with van der Waals surface area (Å²) in [4.78, 5) is 68.3. The van der Waals surface area contributed by atoms with Crippen LogP contribution in [0.2, 0.25) is 0 Å². The number of likely N-dealkylation sites (N-methyl/N-ethyl adjacent to an activating group) is 2. The van der Waals surface area contributed by atoms with Gasteiger partial charge in [-0.1, -0.05) is 55.4 Å². The van der Waals surface area contributed by atoms with Gasteiger partial charge >= 0.3 is 5.97 Å². The Balaban J connectivity index is 0.000000209. The number of nitrogens with zero attached hydrogens (tertiary/aromatic N) is 10. The summed E-state index contributed by atoms with van der Waals surface area (Å²) in [5, 5.41) is 29.3. The van der Waals surface area contributed by atoms with Crippen LogP contribution in [0.25, 0.3) is 45.3 Å². The van der Waals surface area contributed by atoms with E-state index in [1.165, 1.54) is 16.9 Å². The molecule has 18 heteroatoms. The molecule has 0 aliphatic carbocycles. The lowest BCUT2D eigenvalue weighted by molar-refractivity contribution is -0.138. The molecular weight excluding hydrogens is 819 g/mol. The van der Waals surface area contributed by atoms with Gasteiger partial charge in [0.1, 0.15) is 0 Å². The maximum atomic E-state index is 12.2. The summed E-state index contributed by atoms with van der Waals surface area (Å²) in [6.07, 6.45) is 3.79. The van der Waals surface area contributed by atoms with Gasteiger partial charge in [0.25, 0.3) is 17.7 Å². The summed E-state index contributed by atoms with van der Waals surface area (Å²) in [5.74, 6) is 8.79. The number of primary amides is 1. The number of carbonyl (C=O) groups excluding carboxylic acids is 4. The van der Waals surface area contributed by atoms with Crippen molar-refractivity contribution in [3.63, 3.8) is 0 Å². The Bertz CT molecular complexity index is 2920. The van der Waals surface area contributed by atoms with E-state index in [1.54, 1.807) is 111 Å². The van der Waals surface area contributed by atoms with Gasteiger partial charge in [0.05, 0.1) is 41.3 Å². The van der Waals surface area contributed by atoms with Gasteiger partial charge in [-0.25, -0.2) is 24.7 Å². The minimum atomic E-state index is -1.68. The minimum absolute atomic E-state index is 0. The molecular formula is C46H45N11O7. The highest BCUT2D eigenvalue weighted by atomic mass is 16.5. The second-order valence-corrected chi connectivity index (χ2v) is 14.8. The maximum absolute atomic E-state index is 12.2. The fraction of sp³-hybridized carbons (Fsp3) is 0.261. The SMILES string of the molecule is C.CN1CC[C@@](O)(C#Cc2cccc(-c3cc(-c4ccnn4C)nc(C(N)=O)n3)c2)C1=O.COC(=O)c1nc(-c2cccc(C#C[C@]3(O)CCN(C)C3=O)c2)cc(-c2ccnn2C)n1. The number of hydrogen-bond acceptors (Lipinski definition) is 13. The number of amides is 3. The first-order valence-corrected chi connectivity index (χ1v) is 19.4. The number of likely N-dealkylation sites (tertiary alicyclic amines) is 2. The molecule has 4 N–H and O–H groups in total. The Morgan fingerprint density at radius 1 is 0.656 bits per heavy atom. The molecule has 2 atom stereocenters. The van der Waals surface area contributed by atoms with Gasteiger partial charge in [-0.2, -0.15) is 10.2 Å². The quantitative estimate of drug-likeness (QED) is 0.161. The third-order valence-corrected chi connectivity index (χ3v) is 10.4. The zero-order valence-electron chi connectivity index (χ0n) is 34.9. The van der Waals surface area contributed by atoms with Gasteiger partial charge in [0.2, 0.25) is 22.9 Å². The van der Waals surface area contributed by atoms with E-state index in [-0.39, 0.29) is 31.9 Å². The summed E-state index contributed by atoms with van der Waals surface area (Å²) in [6, 6.07) is 21.3. The van der Waals surface area contributed by atoms with Crippen molar-refractivity contribution in [2.24, 2.45) is 19.8 Å². The molecule has 4 aromatic heterocycles. The second-order valence-electron chi connectivity index (χ2n) is 14.8. The topological polar surface area (TPSA) is 238 Å². The molecule has 0 unspecified atom stereocenters. The molecule has 0 bridgehead atoms. The van der Waals surface area contributed by atoms with Gasteiger partial charge in [0.15, 0.2) is 0 Å². The lowest BCUT2D eigenvalue weighted by atomic mass is 10.0. The Kier molecular flexibility index (Phi) is 13.1. The summed E-state index contributed by atoms with van der Waals surface area (Å²) in [5.41, 5.74) is 8.05. The monoisotopic (exact) mass is 863 g/mol. The van der Waals surface area contributed by atoms with Crippen molar-refractivity contribution in [2.75, 3.05) is 34.3 Å². The van der Waals surface area contributed by atoms with E-state index in [9.17, 15) is 29.4 Å². The number of benzene rings is 2. The number of aromatic nitrogens is 8. The standard InChI is InChI=1S/C23H21N5O4.C22H20N6O3.CH4/c1-27-12-10-23(31,22(27)30)9-7-15-5-4-6-16(13-15)17-14-18(19-8-11-24-28(19)2)26-20(25-17)21(29)32-3;1-27-11-9-22(31,21(27)30)8-6-14-4-3-5-15(12-14)16-13-17(18-7-10-24-28(18)2)26-20(25-16)19(23)29;/h4-6,8,11,13-14,31H,10,12H2,1-3H3;3-5,7,10,12-13,31H,9,11H2,1-2H3,(H2,23,29);1H4/t23-;22-;/m00./s1. The maximum Gasteiger partial charge on any atom is 0.376 e. The molecule has 2 aliphatic rings. The van der Waals surface area contributed by atoms with Crippen molar-refractivity contribution in [1.29, 1.82) is 0 Å². The number of nitrogens with two attached hydrogens (primary N) is 1. The molecule has 2 aliphatic heterocycles. The van der Waals surface area contributed by atoms with Crippen LogP contribution < -0.4 is 5.73 Å². The Labute approximate surface area is 368 Å². The first-order valence-electron chi connectivity index (χ1n) is 19.4. The van der Waals surface area contributed by atoms with Crippen molar-refractivity contribution in [2.45, 2.75) is 31.5 Å². The van der Waals surface area contributed by atoms with Crippen LogP contribution >= 0.6 is 0 Å². The number of carbonyl (C=O) groups is 4. The van der Waals surface area contributed by atoms with E-state index in [4.69, 9.17) is 10.5 Å². The van der Waals surface area contributed by atoms with Gasteiger partial charge in [0, 0.05) is 88.8 Å². The molecule has 0 saturated carbocycles. The first kappa shape index (κ1) is 45.5. The van der Waals surface area contributed by atoms with Gasteiger partial charge in [-0.3, -0.25) is 23.7 Å². The third-order valence-electron chi connectivity index (χ3n) is 10.4. The molecule has 0 radical (unpaired) electrons. The number of hydrogen-bond donors (Lipinski definition) is 3. The molecule has 2 saturated heterocycles. The fourth-order valence-electron chi connectivity index (χ4n) is 6.80. The zero-order chi connectivity index (χ0) is 45.1. The van der Waals surface area contributed by atoms with Crippen molar-refractivity contribution in [3.05, 3.63) is 108 Å². The highest BCUT2D eigenvalue weighted by Crippen LogP contribution is 2.27. The number of aryl methyl sites for hydroxylation is 2. The fourth-order valence-corrected chi connectivity index (χ4v) is 6.80. The highest BCUT2D eigenvalue weighted by Gasteiger charge is 2.43. The summed E-state index contributed by atoms with van der Waals surface area (Å²) < 4.78 is 8.08. The van der Waals surface area contributed by atoms with Crippen molar-refractivity contribution in [1.82, 2.24) is 49.3 Å². The largest absolute Gasteiger partial charge is 0.463 e. The number of esters is 1. The number of aliphatic hydroxyl groups is 2. The van der Waals surface area contributed by atoms with Gasteiger partial charge < -0.3 is 30.5 Å². The molecule has 64 heavy (non-hydrogen) atoms. The predicted octanol–water partition coefficient (Wildman–Crippen LogP) is 2.50. The van der Waals surface area contributed by atoms with Crippen LogP contribution in [0.5, 0.6) is 0 Å². The average Bonchev–Trinajstić information content (AvgIpc) is 4.06. The third kappa shape index (κ3) is 9.53. The van der Waals surface area contributed by atoms with E-state index < -0.39 is 34.9 Å². The first-order chi connectivity index (χ1) is 30.1. The highest BCUT2D eigenvalue weighted by molar-refractivity contribution is 5.92. The van der Waals surface area contributed by atoms with Crippen LogP contribution in [0, 0.1) is 23.7 Å². The van der Waals surface area contributed by atoms with Crippen LogP contribution in [-0.4, -0.2) is 129 Å².